The summed E-state index contributed by atoms with van der Waals surface area (Å²) in [5.41, 5.74) is -1.60. The topological polar surface area (TPSA) is 682 Å². The molecule has 0 radical (unpaired) electrons. The van der Waals surface area contributed by atoms with Crippen LogP contribution in [0.1, 0.15) is 134 Å². The van der Waals surface area contributed by atoms with E-state index >= 15 is 0 Å². The van der Waals surface area contributed by atoms with E-state index in [9.17, 15) is 119 Å². The van der Waals surface area contributed by atoms with E-state index < -0.39 is 262 Å². The van der Waals surface area contributed by atoms with Crippen LogP contribution in [0.25, 0.3) is 0 Å². The molecule has 11 amide bonds. The number of carbonyl (C=O) groups excluding carboxylic acids is 12. The lowest BCUT2D eigenvalue weighted by Gasteiger charge is -2.42. The van der Waals surface area contributed by atoms with Gasteiger partial charge in [0.15, 0.2) is 30.9 Å². The Morgan fingerprint density at radius 3 is 1.24 bits per heavy atom. The molecule has 5 aliphatic heterocycles. The molecule has 133 heavy (non-hydrogen) atoms. The number of rotatable bonds is 55. The van der Waals surface area contributed by atoms with E-state index in [1.165, 1.54) is 50.2 Å². The first-order valence-corrected chi connectivity index (χ1v) is 44.4. The Hall–Kier alpha value is -8.68. The van der Waals surface area contributed by atoms with Crippen molar-refractivity contribution in [2.45, 2.75) is 204 Å². The van der Waals surface area contributed by atoms with E-state index in [1.807, 2.05) is 20.8 Å². The van der Waals surface area contributed by atoms with E-state index in [0.29, 0.717) is 13.0 Å². The molecule has 2 aromatic carbocycles. The molecule has 0 aromatic heterocycles. The van der Waals surface area contributed by atoms with Gasteiger partial charge in [-0.05, 0) is 60.2 Å². The number of likely N-dealkylation sites (tertiary alicyclic amines) is 1. The number of anilines is 1. The van der Waals surface area contributed by atoms with Crippen LogP contribution in [0.5, 0.6) is 0 Å². The predicted octanol–water partition coefficient (Wildman–Crippen LogP) is -7.66. The van der Waals surface area contributed by atoms with Gasteiger partial charge in [0.05, 0.1) is 144 Å². The number of benzene rings is 2. The zero-order valence-electron chi connectivity index (χ0n) is 76.1. The fourth-order valence-corrected chi connectivity index (χ4v) is 15.5. The number of hydrogen-bond acceptors (Lipinski definition) is 36. The molecule has 2 aromatic rings. The summed E-state index contributed by atoms with van der Waals surface area (Å²) in [4.78, 5) is 164. The van der Waals surface area contributed by atoms with Crippen molar-refractivity contribution in [2.24, 2.45) is 28.6 Å². The zero-order chi connectivity index (χ0) is 97.8. The predicted molar refractivity (Wildman–Crippen MR) is 461 cm³/mol. The molecule has 5 saturated heterocycles. The smallest absolute Gasteiger partial charge is 0.251 e. The molecule has 4 unspecified atom stereocenters. The van der Waals surface area contributed by atoms with Crippen molar-refractivity contribution in [2.75, 3.05) is 170 Å². The van der Waals surface area contributed by atoms with E-state index in [-0.39, 0.29) is 171 Å². The molecular formula is C86H135N11O36. The molecule has 0 spiro atoms. The molecule has 0 bridgehead atoms. The first-order chi connectivity index (χ1) is 63.3. The minimum atomic E-state index is -1.59. The Morgan fingerprint density at radius 1 is 0.429 bits per heavy atom. The van der Waals surface area contributed by atoms with Gasteiger partial charge in [-0.2, -0.15) is 0 Å². The number of ether oxygens (including phenoxy) is 12. The minimum Gasteiger partial charge on any atom is -0.396 e. The van der Waals surface area contributed by atoms with Gasteiger partial charge >= 0.3 is 0 Å². The lowest BCUT2D eigenvalue weighted by atomic mass is 9.67. The number of ketones is 1. The fourth-order valence-electron chi connectivity index (χ4n) is 15.5. The van der Waals surface area contributed by atoms with Crippen LogP contribution in [0.15, 0.2) is 36.4 Å². The molecule has 22 N–H and O–H groups in total. The maximum Gasteiger partial charge on any atom is 0.251 e. The van der Waals surface area contributed by atoms with Gasteiger partial charge in [0.1, 0.15) is 67.0 Å². The van der Waals surface area contributed by atoms with Crippen LogP contribution in [0, 0.1) is 28.6 Å². The van der Waals surface area contributed by atoms with Crippen LogP contribution in [-0.2, 0) is 102 Å². The highest BCUT2D eigenvalue weighted by atomic mass is 16.7. The van der Waals surface area contributed by atoms with Gasteiger partial charge in [0, 0.05) is 130 Å². The Bertz CT molecular complexity index is 4090. The number of amides is 11. The SMILES string of the molecule is CC[C@@]1(C)CN(C(=O)CCC(=O)N[C@@H](CCC(=O)NCC(=O)Cc2cc(C(=O)NCCOCCOC3O[C@H](CO)[C@H](O)[C@H](O)[C@H]3C)cc(C(=O)NCCOCCOC3O[C@H](CO)[C@H](O)[C@H](O)[C@H]3NC(C)=O)c2)C(=O)NCC(=O)Nc2cc(C(=O)NCCOCCOC3O[C@H](CO)[C@H](C)[C@H](O)[C@H]3C)cc(C(=O)NCCOCCOC3O[C@H](CO)[C@H](O)[C@H](O)[C@H]3NC(C)=O)c2)C[C@@]1(C)CO. The molecule has 47 heteroatoms. The Kier molecular flexibility index (Phi) is 46.5. The highest BCUT2D eigenvalue weighted by Gasteiger charge is 2.53. The third-order valence-electron chi connectivity index (χ3n) is 23.9. The van der Waals surface area contributed by atoms with Crippen molar-refractivity contribution in [3.63, 3.8) is 0 Å². The fraction of sp³-hybridized carbons (Fsp3) is 0.721. The van der Waals surface area contributed by atoms with Crippen LogP contribution in [0.2, 0.25) is 0 Å². The maximum absolute atomic E-state index is 14.3. The average molecular weight is 1900 g/mol. The molecule has 23 atom stereocenters. The number of aliphatic hydroxyl groups is 12. The van der Waals surface area contributed by atoms with Crippen molar-refractivity contribution >= 4 is 76.4 Å². The van der Waals surface area contributed by atoms with Crippen molar-refractivity contribution < 1.29 is 176 Å². The van der Waals surface area contributed by atoms with Crippen LogP contribution in [0.4, 0.5) is 5.69 Å². The van der Waals surface area contributed by atoms with Gasteiger partial charge in [0.2, 0.25) is 41.4 Å². The molecule has 5 fully saturated rings. The van der Waals surface area contributed by atoms with E-state index in [2.05, 4.69) is 53.2 Å². The summed E-state index contributed by atoms with van der Waals surface area (Å²) in [5.74, 6) is -10.1. The normalized spacial score (nSPS) is 28.3. The van der Waals surface area contributed by atoms with Crippen molar-refractivity contribution in [3.05, 3.63) is 64.2 Å². The number of aliphatic hydroxyl groups excluding tert-OH is 12. The quantitative estimate of drug-likeness (QED) is 0.0274. The molecule has 750 valence electrons. The largest absolute Gasteiger partial charge is 0.396 e. The Morgan fingerprint density at radius 2 is 0.827 bits per heavy atom. The number of nitrogens with zero attached hydrogens (tertiary/aromatic N) is 1. The second kappa shape index (κ2) is 55.5. The Balaban J connectivity index is 0.996. The molecule has 7 rings (SSSR count). The highest BCUT2D eigenvalue weighted by molar-refractivity contribution is 6.04. The third-order valence-corrected chi connectivity index (χ3v) is 23.9. The monoisotopic (exact) mass is 1900 g/mol. The van der Waals surface area contributed by atoms with Gasteiger partial charge < -0.3 is 176 Å². The van der Waals surface area contributed by atoms with Gasteiger partial charge in [-0.15, -0.1) is 0 Å². The average Bonchev–Trinajstić information content (AvgIpc) is 1.62. The van der Waals surface area contributed by atoms with Gasteiger partial charge in [0.25, 0.3) is 23.6 Å². The standard InChI is InChI=1S/C86H135N11O36/c1-9-85(7)43-97(44-86(85,8)45-102)66(109)13-12-64(107)96-58(80(121)92-38-65(108)95-56-35-54(78(119)89-16-20-123-22-26-126-81-47(3)69(110)46(2)59(39-98)130-81)34-55(36-56)79(120)90-17-21-125-25-29-129-84-68(94-50(6)104)75(116)73(114)62(42-101)133-84)10-11-63(106)91-37-57(105)32-51-30-52(76(117)87-14-18-122-23-27-127-82-48(4)70(111)71(112)60(40-99)131-82)33-53(31-51)77(118)88-15-19-124-24-28-128-83-67(93-49(5)103)74(115)72(113)61(41-100)132-83/h30-31,33-36,46-48,58-62,67-75,81-84,98-102,110-116H,9-29,32,37-45H2,1-8H3,(H,87,117)(H,88,118)(H,89,119)(H,90,120)(H,91,106)(H,92,121)(H,93,103)(H,94,104)(H,95,108)(H,96,107)/t46-,47+,48+,58-,59+,60+,61+,62+,67+,68+,69-,70+,71-,72-,73-,74+,75+,81?,82?,83?,84?,85-,86-/m0/s1. The second-order valence-corrected chi connectivity index (χ2v) is 33.8. The van der Waals surface area contributed by atoms with Crippen LogP contribution in [-0.4, -0.2) is 412 Å². The zero-order valence-corrected chi connectivity index (χ0v) is 76.1. The van der Waals surface area contributed by atoms with Crippen LogP contribution >= 0.6 is 0 Å². The third kappa shape index (κ3) is 33.6. The minimum absolute atomic E-state index is 0.0163. The molecule has 0 saturated carbocycles. The van der Waals surface area contributed by atoms with Crippen LogP contribution in [0.3, 0.4) is 0 Å². The summed E-state index contributed by atoms with van der Waals surface area (Å²) >= 11 is 0. The van der Waals surface area contributed by atoms with Crippen LogP contribution < -0.4 is 53.2 Å². The van der Waals surface area contributed by atoms with Crippen molar-refractivity contribution in [1.82, 2.24) is 52.8 Å². The lowest BCUT2D eigenvalue weighted by molar-refractivity contribution is -0.284. The van der Waals surface area contributed by atoms with Crippen molar-refractivity contribution in [3.8, 4) is 0 Å². The van der Waals surface area contributed by atoms with Gasteiger partial charge in [-0.25, -0.2) is 0 Å². The van der Waals surface area contributed by atoms with Gasteiger partial charge in [-0.1, -0.05) is 41.5 Å². The summed E-state index contributed by atoms with van der Waals surface area (Å²) in [5, 5.41) is 148. The number of carbonyl (C=O) groups is 12. The summed E-state index contributed by atoms with van der Waals surface area (Å²) in [6.07, 6.45) is -19.9. The van der Waals surface area contributed by atoms with Crippen molar-refractivity contribution in [1.29, 1.82) is 0 Å². The molecule has 5 aliphatic rings. The lowest BCUT2D eigenvalue weighted by Crippen LogP contribution is -2.64. The summed E-state index contributed by atoms with van der Waals surface area (Å²) in [6, 6.07) is 3.57. The van der Waals surface area contributed by atoms with E-state index in [1.54, 1.807) is 25.7 Å². The first-order valence-electron chi connectivity index (χ1n) is 44.4. The summed E-state index contributed by atoms with van der Waals surface area (Å²) in [7, 11) is 0. The van der Waals surface area contributed by atoms with E-state index in [4.69, 9.17) is 56.8 Å². The first kappa shape index (κ1) is 111. The summed E-state index contributed by atoms with van der Waals surface area (Å²) in [6.45, 7) is 8.37. The molecule has 5 heterocycles. The molecule has 0 aliphatic carbocycles. The Labute approximate surface area is 769 Å². The maximum atomic E-state index is 14.3. The summed E-state index contributed by atoms with van der Waals surface area (Å²) < 4.78 is 67.9. The number of hydrogen-bond donors (Lipinski definition) is 22. The molecular weight excluding hydrogens is 1760 g/mol. The second-order valence-electron chi connectivity index (χ2n) is 33.8. The highest BCUT2D eigenvalue weighted by Crippen LogP contribution is 2.48. The molecule has 47 nitrogen and oxygen atoms in total. The van der Waals surface area contributed by atoms with Gasteiger partial charge in [-0.3, -0.25) is 57.5 Å². The van der Waals surface area contributed by atoms with E-state index in [0.717, 1.165) is 0 Å². The number of nitrogens with one attached hydrogen (secondary N) is 10. The number of Topliss-reactive ketones (excluding diaryl/α,β-unsaturated/α-hetero) is 1.